The van der Waals surface area contributed by atoms with Crippen molar-refractivity contribution in [2.24, 2.45) is 11.8 Å². The van der Waals surface area contributed by atoms with Crippen LogP contribution in [-0.4, -0.2) is 46.4 Å². The van der Waals surface area contributed by atoms with E-state index in [-0.39, 0.29) is 12.3 Å². The molecule has 0 spiro atoms. The molecule has 0 bridgehead atoms. The van der Waals surface area contributed by atoms with Crippen molar-refractivity contribution < 1.29 is 24.9 Å². The second-order valence-electron chi connectivity index (χ2n) is 7.78. The lowest BCUT2D eigenvalue weighted by atomic mass is 9.96. The first-order valence-electron chi connectivity index (χ1n) is 10.5. The van der Waals surface area contributed by atoms with Gasteiger partial charge in [0, 0.05) is 23.7 Å². The van der Waals surface area contributed by atoms with Crippen LogP contribution in [0.2, 0.25) is 0 Å². The predicted molar refractivity (Wildman–Crippen MR) is 115 cm³/mol. The minimum atomic E-state index is -0.747. The number of hydrogen-bond donors (Lipinski definition) is 3. The molecule has 162 valence electrons. The average Bonchev–Trinajstić information content (AvgIpc) is 2.95. The number of hydrogen-bond acceptors (Lipinski definition) is 5. The lowest BCUT2D eigenvalue weighted by molar-refractivity contribution is -0.137. The highest BCUT2D eigenvalue weighted by Gasteiger charge is 2.33. The molecule has 0 heterocycles. The minimum Gasteiger partial charge on any atom is -0.500 e. The smallest absolute Gasteiger partial charge is 0.303 e. The highest BCUT2D eigenvalue weighted by atomic mass is 32.2. The highest BCUT2D eigenvalue weighted by molar-refractivity contribution is 8.03. The summed E-state index contributed by atoms with van der Waals surface area (Å²) in [4.78, 5) is 11.6. The Hall–Kier alpha value is -0.980. The summed E-state index contributed by atoms with van der Waals surface area (Å²) >= 11 is 1.68. The number of methoxy groups -OCH3 is 1. The Kier molecular flexibility index (Phi) is 12.6. The van der Waals surface area contributed by atoms with E-state index in [1.807, 2.05) is 12.2 Å². The van der Waals surface area contributed by atoms with Gasteiger partial charge in [0.25, 0.3) is 0 Å². The molecule has 5 nitrogen and oxygen atoms in total. The predicted octanol–water partition coefficient (Wildman–Crippen LogP) is 4.74. The Morgan fingerprint density at radius 2 is 2.07 bits per heavy atom. The van der Waals surface area contributed by atoms with E-state index in [4.69, 9.17) is 9.84 Å². The van der Waals surface area contributed by atoms with Gasteiger partial charge in [-0.2, -0.15) is 0 Å². The highest BCUT2D eigenvalue weighted by Crippen LogP contribution is 2.41. The largest absolute Gasteiger partial charge is 0.500 e. The molecule has 0 aromatic carbocycles. The van der Waals surface area contributed by atoms with Gasteiger partial charge >= 0.3 is 5.97 Å². The van der Waals surface area contributed by atoms with Crippen molar-refractivity contribution in [3.05, 3.63) is 22.8 Å². The number of aliphatic carboxylic acids is 1. The summed E-state index contributed by atoms with van der Waals surface area (Å²) in [5, 5.41) is 29.5. The Morgan fingerprint density at radius 3 is 2.71 bits per heavy atom. The van der Waals surface area contributed by atoms with Crippen molar-refractivity contribution in [2.45, 2.75) is 83.8 Å². The molecule has 0 saturated heterocycles. The number of ether oxygens (including phenoxy) is 1. The molecule has 0 aromatic rings. The summed E-state index contributed by atoms with van der Waals surface area (Å²) in [5.74, 6) is 1.29. The molecule has 28 heavy (non-hydrogen) atoms. The summed E-state index contributed by atoms with van der Waals surface area (Å²) in [6.07, 6.45) is 10.2. The molecule has 6 heteroatoms. The first-order chi connectivity index (χ1) is 13.4. The van der Waals surface area contributed by atoms with E-state index >= 15 is 0 Å². The van der Waals surface area contributed by atoms with Gasteiger partial charge in [0.05, 0.1) is 19.3 Å². The van der Waals surface area contributed by atoms with Crippen molar-refractivity contribution in [3.8, 4) is 0 Å². The van der Waals surface area contributed by atoms with E-state index in [1.165, 1.54) is 12.8 Å². The number of carboxylic acids is 1. The quantitative estimate of drug-likeness (QED) is 0.265. The molecule has 0 radical (unpaired) electrons. The van der Waals surface area contributed by atoms with Crippen LogP contribution < -0.4 is 0 Å². The van der Waals surface area contributed by atoms with Gasteiger partial charge < -0.3 is 20.1 Å². The molecule has 0 fully saturated rings. The molecule has 1 unspecified atom stereocenters. The third-order valence-corrected chi connectivity index (χ3v) is 6.46. The number of unbranched alkanes of at least 4 members (excludes halogenated alkanes) is 3. The van der Waals surface area contributed by atoms with Crippen LogP contribution in [0, 0.1) is 11.8 Å². The van der Waals surface area contributed by atoms with E-state index in [9.17, 15) is 15.0 Å². The topological polar surface area (TPSA) is 87.0 Å². The summed E-state index contributed by atoms with van der Waals surface area (Å²) in [7, 11) is 1.63. The lowest BCUT2D eigenvalue weighted by Crippen LogP contribution is -2.15. The van der Waals surface area contributed by atoms with Gasteiger partial charge in [-0.05, 0) is 30.9 Å². The zero-order chi connectivity index (χ0) is 20.9. The normalized spacial score (nSPS) is 22.0. The number of carboxylic acid groups (broad SMARTS) is 1. The first-order valence-corrected chi connectivity index (χ1v) is 11.5. The molecule has 4 atom stereocenters. The van der Waals surface area contributed by atoms with E-state index in [0.29, 0.717) is 18.8 Å². The van der Waals surface area contributed by atoms with Crippen LogP contribution in [0.15, 0.2) is 22.8 Å². The van der Waals surface area contributed by atoms with E-state index in [2.05, 4.69) is 13.8 Å². The zero-order valence-corrected chi connectivity index (χ0v) is 18.4. The van der Waals surface area contributed by atoms with Gasteiger partial charge in [-0.1, -0.05) is 51.7 Å². The summed E-state index contributed by atoms with van der Waals surface area (Å²) in [6.45, 7) is 4.35. The van der Waals surface area contributed by atoms with Crippen molar-refractivity contribution in [2.75, 3.05) is 12.9 Å². The van der Waals surface area contributed by atoms with Crippen LogP contribution >= 0.6 is 11.8 Å². The molecule has 0 saturated carbocycles. The second-order valence-corrected chi connectivity index (χ2v) is 8.91. The number of aliphatic hydroxyl groups is 2. The SMILES string of the molecule is CCCC[C@@H](C)C[C@H](O)/C=C/C1C(SCCCCCC(=O)O)=C(OC)C[C@H]1O. The molecular formula is C22H38O5S. The second kappa shape index (κ2) is 14.1. The van der Waals surface area contributed by atoms with Crippen LogP contribution in [0.3, 0.4) is 0 Å². The van der Waals surface area contributed by atoms with Gasteiger partial charge in [-0.25, -0.2) is 0 Å². The molecule has 0 aromatic heterocycles. The van der Waals surface area contributed by atoms with Crippen molar-refractivity contribution >= 4 is 17.7 Å². The maximum atomic E-state index is 10.6. The fourth-order valence-electron chi connectivity index (χ4n) is 3.50. The first kappa shape index (κ1) is 25.1. The summed E-state index contributed by atoms with van der Waals surface area (Å²) < 4.78 is 5.47. The molecule has 1 aliphatic rings. The van der Waals surface area contributed by atoms with Gasteiger partial charge in [0.2, 0.25) is 0 Å². The number of rotatable bonds is 15. The Bertz CT molecular complexity index is 517. The lowest BCUT2D eigenvalue weighted by Gasteiger charge is -2.17. The molecule has 0 aliphatic heterocycles. The van der Waals surface area contributed by atoms with Crippen molar-refractivity contribution in [3.63, 3.8) is 0 Å². The summed E-state index contributed by atoms with van der Waals surface area (Å²) in [5.41, 5.74) is 0. The van der Waals surface area contributed by atoms with Gasteiger partial charge in [0.1, 0.15) is 5.76 Å². The molecule has 1 rings (SSSR count). The van der Waals surface area contributed by atoms with E-state index in [0.717, 1.165) is 42.1 Å². The van der Waals surface area contributed by atoms with Gasteiger partial charge in [0.15, 0.2) is 0 Å². The van der Waals surface area contributed by atoms with Crippen LogP contribution in [0.1, 0.15) is 71.6 Å². The Balaban J connectivity index is 2.54. The fraction of sp³-hybridized carbons (Fsp3) is 0.773. The average molecular weight is 415 g/mol. The summed E-state index contributed by atoms with van der Waals surface area (Å²) in [6, 6.07) is 0. The zero-order valence-electron chi connectivity index (χ0n) is 17.6. The fourth-order valence-corrected chi connectivity index (χ4v) is 4.82. The minimum absolute atomic E-state index is 0.139. The molecule has 3 N–H and O–H groups in total. The molecule has 1 aliphatic carbocycles. The number of aliphatic hydroxyl groups excluding tert-OH is 2. The number of carbonyl (C=O) groups is 1. The van der Waals surface area contributed by atoms with Crippen molar-refractivity contribution in [1.82, 2.24) is 0 Å². The van der Waals surface area contributed by atoms with E-state index < -0.39 is 18.2 Å². The number of thioether (sulfide) groups is 1. The Labute approximate surface area is 174 Å². The van der Waals surface area contributed by atoms with Crippen LogP contribution in [0.4, 0.5) is 0 Å². The molecular weight excluding hydrogens is 376 g/mol. The maximum Gasteiger partial charge on any atom is 0.303 e. The van der Waals surface area contributed by atoms with Crippen LogP contribution in [-0.2, 0) is 9.53 Å². The van der Waals surface area contributed by atoms with Crippen LogP contribution in [0.25, 0.3) is 0 Å². The third kappa shape index (κ3) is 9.48. The maximum absolute atomic E-state index is 10.6. The Morgan fingerprint density at radius 1 is 1.32 bits per heavy atom. The third-order valence-electron chi connectivity index (χ3n) is 5.16. The van der Waals surface area contributed by atoms with Crippen molar-refractivity contribution in [1.29, 1.82) is 0 Å². The monoisotopic (exact) mass is 414 g/mol. The van der Waals surface area contributed by atoms with Crippen LogP contribution in [0.5, 0.6) is 0 Å². The molecule has 0 amide bonds. The standard InChI is InChI=1S/C22H38O5S/c1-4-5-9-16(2)14-17(23)11-12-18-19(24)15-20(27-3)22(18)28-13-8-6-7-10-21(25)26/h11-12,16-19,23-24H,4-10,13-15H2,1-3H3,(H,25,26)/b12-11+/t16-,17-,18?,19-/m1/s1. The van der Waals surface area contributed by atoms with Gasteiger partial charge in [-0.3, -0.25) is 4.79 Å². The van der Waals surface area contributed by atoms with Gasteiger partial charge in [-0.15, -0.1) is 11.8 Å². The van der Waals surface area contributed by atoms with E-state index in [1.54, 1.807) is 18.9 Å².